The lowest BCUT2D eigenvalue weighted by atomic mass is 10.2. The van der Waals surface area contributed by atoms with Gasteiger partial charge in [-0.1, -0.05) is 15.9 Å². The number of anilines is 1. The summed E-state index contributed by atoms with van der Waals surface area (Å²) in [5.74, 6) is 0. The van der Waals surface area contributed by atoms with Gasteiger partial charge < -0.3 is 5.32 Å². The summed E-state index contributed by atoms with van der Waals surface area (Å²) in [6.07, 6.45) is 0. The Morgan fingerprint density at radius 2 is 1.94 bits per heavy atom. The summed E-state index contributed by atoms with van der Waals surface area (Å²) in [6, 6.07) is 8.62. The molecule has 0 spiro atoms. The van der Waals surface area contributed by atoms with Crippen LogP contribution in [0, 0.1) is 20.8 Å². The first kappa shape index (κ1) is 12.7. The van der Waals surface area contributed by atoms with Gasteiger partial charge in [0.15, 0.2) is 0 Å². The van der Waals surface area contributed by atoms with Crippen LogP contribution in [0.1, 0.15) is 20.9 Å². The second-order valence-electron chi connectivity index (χ2n) is 4.26. The van der Waals surface area contributed by atoms with Gasteiger partial charge in [0.25, 0.3) is 0 Å². The van der Waals surface area contributed by atoms with E-state index in [1.165, 1.54) is 26.6 Å². The van der Waals surface area contributed by atoms with E-state index in [0.29, 0.717) is 0 Å². The molecule has 2 rings (SSSR count). The largest absolute Gasteiger partial charge is 0.381 e. The second kappa shape index (κ2) is 5.23. The van der Waals surface area contributed by atoms with Crippen LogP contribution in [0.3, 0.4) is 0 Å². The van der Waals surface area contributed by atoms with Gasteiger partial charge in [-0.25, -0.2) is 0 Å². The summed E-state index contributed by atoms with van der Waals surface area (Å²) in [6.45, 7) is 7.35. The van der Waals surface area contributed by atoms with E-state index in [-0.39, 0.29) is 0 Å². The Bertz CT molecular complexity index is 531. The maximum Gasteiger partial charge on any atom is 0.0411 e. The number of benzene rings is 1. The van der Waals surface area contributed by atoms with Gasteiger partial charge in [0.1, 0.15) is 0 Å². The van der Waals surface area contributed by atoms with Crippen LogP contribution >= 0.6 is 27.3 Å². The van der Waals surface area contributed by atoms with Crippen LogP contribution in [0.15, 0.2) is 28.7 Å². The fourth-order valence-corrected chi connectivity index (χ4v) is 3.00. The summed E-state index contributed by atoms with van der Waals surface area (Å²) >= 11 is 5.38. The van der Waals surface area contributed by atoms with Crippen molar-refractivity contribution in [1.82, 2.24) is 0 Å². The maximum absolute atomic E-state index is 3.51. The van der Waals surface area contributed by atoms with Crippen molar-refractivity contribution in [3.63, 3.8) is 0 Å². The molecule has 2 aromatic rings. The zero-order valence-electron chi connectivity index (χ0n) is 10.3. The van der Waals surface area contributed by atoms with Gasteiger partial charge in [-0.15, -0.1) is 11.3 Å². The van der Waals surface area contributed by atoms with Crippen LogP contribution in [0.4, 0.5) is 5.69 Å². The molecule has 0 bridgehead atoms. The molecule has 0 aliphatic heterocycles. The molecule has 0 radical (unpaired) electrons. The van der Waals surface area contributed by atoms with Gasteiger partial charge in [-0.05, 0) is 56.2 Å². The number of halogens is 1. The summed E-state index contributed by atoms with van der Waals surface area (Å²) in [5.41, 5.74) is 3.83. The highest BCUT2D eigenvalue weighted by Gasteiger charge is 2.03. The minimum absolute atomic E-state index is 0.900. The molecule has 1 aromatic heterocycles. The molecular formula is C14H16BrNS. The van der Waals surface area contributed by atoms with Crippen LogP contribution in [0.25, 0.3) is 0 Å². The average Bonchev–Trinajstić information content (AvgIpc) is 2.59. The van der Waals surface area contributed by atoms with Crippen molar-refractivity contribution in [3.8, 4) is 0 Å². The first-order valence-electron chi connectivity index (χ1n) is 5.62. The molecule has 0 aliphatic rings. The molecule has 0 saturated carbocycles. The standard InChI is InChI=1S/C14H16BrNS/c1-9-6-13(4-5-14(9)15)16-8-12-7-10(2)17-11(12)3/h4-7,16H,8H2,1-3H3. The quantitative estimate of drug-likeness (QED) is 0.836. The number of aryl methyl sites for hydroxylation is 3. The highest BCUT2D eigenvalue weighted by molar-refractivity contribution is 9.10. The number of rotatable bonds is 3. The lowest BCUT2D eigenvalue weighted by Crippen LogP contribution is -1.99. The summed E-state index contributed by atoms with van der Waals surface area (Å²) in [5, 5.41) is 3.47. The van der Waals surface area contributed by atoms with Crippen LogP contribution in [-0.4, -0.2) is 0 Å². The molecule has 1 N–H and O–H groups in total. The molecule has 3 heteroatoms. The molecule has 90 valence electrons. The van der Waals surface area contributed by atoms with Gasteiger partial charge in [-0.2, -0.15) is 0 Å². The highest BCUT2D eigenvalue weighted by Crippen LogP contribution is 2.23. The molecule has 0 aliphatic carbocycles. The fourth-order valence-electron chi connectivity index (χ4n) is 1.81. The predicted molar refractivity (Wildman–Crippen MR) is 80.0 cm³/mol. The average molecular weight is 310 g/mol. The Balaban J connectivity index is 2.07. The van der Waals surface area contributed by atoms with Crippen molar-refractivity contribution >= 4 is 33.0 Å². The van der Waals surface area contributed by atoms with E-state index >= 15 is 0 Å². The maximum atomic E-state index is 3.51. The van der Waals surface area contributed by atoms with E-state index in [9.17, 15) is 0 Å². The van der Waals surface area contributed by atoms with Gasteiger partial charge in [0, 0.05) is 26.5 Å². The SMILES string of the molecule is Cc1cc(CNc2ccc(Br)c(C)c2)c(C)s1. The first-order valence-corrected chi connectivity index (χ1v) is 7.23. The van der Waals surface area contributed by atoms with Crippen molar-refractivity contribution in [3.05, 3.63) is 49.6 Å². The Kier molecular flexibility index (Phi) is 3.89. The normalized spacial score (nSPS) is 10.6. The summed E-state index contributed by atoms with van der Waals surface area (Å²) in [7, 11) is 0. The van der Waals surface area contributed by atoms with E-state index in [1.54, 1.807) is 0 Å². The molecule has 1 aromatic carbocycles. The lowest BCUT2D eigenvalue weighted by molar-refractivity contribution is 1.14. The third kappa shape index (κ3) is 3.11. The molecule has 0 atom stereocenters. The van der Waals surface area contributed by atoms with E-state index in [4.69, 9.17) is 0 Å². The molecular weight excluding hydrogens is 294 g/mol. The van der Waals surface area contributed by atoms with Crippen molar-refractivity contribution < 1.29 is 0 Å². The van der Waals surface area contributed by atoms with Crippen LogP contribution in [0.2, 0.25) is 0 Å². The lowest BCUT2D eigenvalue weighted by Gasteiger charge is -2.08. The third-order valence-electron chi connectivity index (χ3n) is 2.78. The van der Waals surface area contributed by atoms with E-state index in [0.717, 1.165) is 11.0 Å². The van der Waals surface area contributed by atoms with E-state index in [1.807, 2.05) is 11.3 Å². The molecule has 1 nitrogen and oxygen atoms in total. The van der Waals surface area contributed by atoms with Crippen molar-refractivity contribution in [2.75, 3.05) is 5.32 Å². The zero-order chi connectivity index (χ0) is 12.4. The number of hydrogen-bond donors (Lipinski definition) is 1. The summed E-state index contributed by atoms with van der Waals surface area (Å²) in [4.78, 5) is 2.79. The number of thiophene rings is 1. The van der Waals surface area contributed by atoms with Gasteiger partial charge in [0.05, 0.1) is 0 Å². The second-order valence-corrected chi connectivity index (χ2v) is 6.57. The smallest absolute Gasteiger partial charge is 0.0411 e. The predicted octanol–water partition coefficient (Wildman–Crippen LogP) is 5.05. The Morgan fingerprint density at radius 3 is 2.53 bits per heavy atom. The first-order chi connectivity index (χ1) is 8.06. The van der Waals surface area contributed by atoms with Gasteiger partial charge in [-0.3, -0.25) is 0 Å². The Morgan fingerprint density at radius 1 is 1.18 bits per heavy atom. The van der Waals surface area contributed by atoms with E-state index < -0.39 is 0 Å². The minimum Gasteiger partial charge on any atom is -0.381 e. The minimum atomic E-state index is 0.900. The number of hydrogen-bond acceptors (Lipinski definition) is 2. The van der Waals surface area contributed by atoms with Crippen LogP contribution in [-0.2, 0) is 6.54 Å². The van der Waals surface area contributed by atoms with Crippen molar-refractivity contribution in [2.24, 2.45) is 0 Å². The van der Waals surface area contributed by atoms with Crippen LogP contribution < -0.4 is 5.32 Å². The molecule has 0 unspecified atom stereocenters. The van der Waals surface area contributed by atoms with E-state index in [2.05, 4.69) is 66.3 Å². The fraction of sp³-hybridized carbons (Fsp3) is 0.286. The van der Waals surface area contributed by atoms with Crippen LogP contribution in [0.5, 0.6) is 0 Å². The highest BCUT2D eigenvalue weighted by atomic mass is 79.9. The topological polar surface area (TPSA) is 12.0 Å². The molecule has 0 fully saturated rings. The monoisotopic (exact) mass is 309 g/mol. The molecule has 1 heterocycles. The Labute approximate surface area is 115 Å². The van der Waals surface area contributed by atoms with Gasteiger partial charge in [0.2, 0.25) is 0 Å². The molecule has 0 amide bonds. The van der Waals surface area contributed by atoms with Crippen molar-refractivity contribution in [2.45, 2.75) is 27.3 Å². The Hall–Kier alpha value is -0.800. The summed E-state index contributed by atoms with van der Waals surface area (Å²) < 4.78 is 1.16. The molecule has 17 heavy (non-hydrogen) atoms. The van der Waals surface area contributed by atoms with Crippen molar-refractivity contribution in [1.29, 1.82) is 0 Å². The van der Waals surface area contributed by atoms with Gasteiger partial charge >= 0.3 is 0 Å². The molecule has 0 saturated heterocycles. The number of nitrogens with one attached hydrogen (secondary N) is 1. The third-order valence-corrected chi connectivity index (χ3v) is 4.68. The zero-order valence-corrected chi connectivity index (χ0v) is 12.7.